The van der Waals surface area contributed by atoms with Crippen LogP contribution >= 0.6 is 23.8 Å². The highest BCUT2D eigenvalue weighted by molar-refractivity contribution is 7.80. The smallest absolute Gasteiger partial charge is 0.226 e. The van der Waals surface area contributed by atoms with Gasteiger partial charge in [-0.1, -0.05) is 31.5 Å². The van der Waals surface area contributed by atoms with Gasteiger partial charge in [0.1, 0.15) is 0 Å². The summed E-state index contributed by atoms with van der Waals surface area (Å²) in [7, 11) is 0. The summed E-state index contributed by atoms with van der Waals surface area (Å²) in [4.78, 5) is 18.8. The van der Waals surface area contributed by atoms with Crippen molar-refractivity contribution >= 4 is 46.2 Å². The van der Waals surface area contributed by atoms with Crippen molar-refractivity contribution < 1.29 is 4.79 Å². The maximum absolute atomic E-state index is 12.1. The zero-order chi connectivity index (χ0) is 23.7. The molecule has 1 aliphatic rings. The Kier molecular flexibility index (Phi) is 6.72. The number of anilines is 2. The van der Waals surface area contributed by atoms with E-state index in [1.54, 1.807) is 6.20 Å². The summed E-state index contributed by atoms with van der Waals surface area (Å²) in [5.41, 5.74) is 3.47. The molecule has 1 aliphatic heterocycles. The topological polar surface area (TPSA) is 62.2 Å². The minimum Gasteiger partial charge on any atom is -0.351 e. The molecule has 3 heterocycles. The first-order valence-corrected chi connectivity index (χ1v) is 11.8. The molecule has 0 aliphatic carbocycles. The van der Waals surface area contributed by atoms with Crippen LogP contribution in [0.5, 0.6) is 0 Å². The van der Waals surface area contributed by atoms with Gasteiger partial charge >= 0.3 is 0 Å². The molecule has 4 rings (SSSR count). The third-order valence-corrected chi connectivity index (χ3v) is 6.41. The molecule has 0 bridgehead atoms. The van der Waals surface area contributed by atoms with Gasteiger partial charge in [0.05, 0.1) is 28.5 Å². The molecule has 0 spiro atoms. The number of nitrogens with zero attached hydrogens (tertiary/aromatic N) is 3. The number of hydrogen-bond donors (Lipinski definition) is 2. The minimum atomic E-state index is -0.135. The maximum Gasteiger partial charge on any atom is 0.226 e. The van der Waals surface area contributed by atoms with Gasteiger partial charge in [-0.3, -0.25) is 9.78 Å². The highest BCUT2D eigenvalue weighted by atomic mass is 35.5. The van der Waals surface area contributed by atoms with E-state index < -0.39 is 0 Å². The van der Waals surface area contributed by atoms with E-state index in [0.29, 0.717) is 21.9 Å². The number of carbonyl (C=O) groups excluding carboxylic acids is 1. The van der Waals surface area contributed by atoms with Crippen LogP contribution in [0.2, 0.25) is 5.02 Å². The molecule has 1 saturated heterocycles. The number of thiocarbonyl (C=S) groups is 1. The Hall–Kier alpha value is -2.90. The van der Waals surface area contributed by atoms with E-state index in [9.17, 15) is 4.79 Å². The second-order valence-electron chi connectivity index (χ2n) is 8.79. The number of nitrogens with one attached hydrogen (secondary N) is 2. The Bertz CT molecular complexity index is 1160. The molecule has 3 aromatic rings. The molecule has 6 nitrogen and oxygen atoms in total. The maximum atomic E-state index is 12.1. The van der Waals surface area contributed by atoms with Crippen LogP contribution < -0.4 is 15.5 Å². The van der Waals surface area contributed by atoms with Crippen LogP contribution in [0.1, 0.15) is 57.1 Å². The molecule has 2 N–H and O–H groups in total. The molecule has 0 radical (unpaired) electrons. The number of benzene rings is 1. The Morgan fingerprint density at radius 2 is 1.97 bits per heavy atom. The third kappa shape index (κ3) is 4.75. The molecular formula is C25H28ClN5OS. The van der Waals surface area contributed by atoms with Crippen molar-refractivity contribution in [3.63, 3.8) is 0 Å². The first-order valence-electron chi connectivity index (χ1n) is 11.0. The van der Waals surface area contributed by atoms with Crippen molar-refractivity contribution in [2.24, 2.45) is 5.92 Å². The Morgan fingerprint density at radius 3 is 2.58 bits per heavy atom. The van der Waals surface area contributed by atoms with E-state index in [1.807, 2.05) is 50.2 Å². The molecule has 1 fully saturated rings. The van der Waals surface area contributed by atoms with Gasteiger partial charge in [-0.2, -0.15) is 0 Å². The number of carbonyl (C=O) groups is 1. The van der Waals surface area contributed by atoms with Gasteiger partial charge in [0, 0.05) is 36.2 Å². The molecule has 2 atom stereocenters. The Labute approximate surface area is 205 Å². The Balaban J connectivity index is 1.74. The number of hydrogen-bond acceptors (Lipinski definition) is 3. The fourth-order valence-corrected chi connectivity index (χ4v) is 4.50. The number of amides is 1. The summed E-state index contributed by atoms with van der Waals surface area (Å²) in [5, 5.41) is 7.40. The molecule has 0 unspecified atom stereocenters. The average Bonchev–Trinajstić information content (AvgIpc) is 3.40. The second kappa shape index (κ2) is 9.53. The van der Waals surface area contributed by atoms with Crippen LogP contribution in [0.3, 0.4) is 0 Å². The van der Waals surface area contributed by atoms with Crippen LogP contribution in [0.4, 0.5) is 11.4 Å². The molecule has 1 amide bonds. The van der Waals surface area contributed by atoms with Gasteiger partial charge in [-0.15, -0.1) is 0 Å². The van der Waals surface area contributed by atoms with Gasteiger partial charge in [0.2, 0.25) is 5.91 Å². The van der Waals surface area contributed by atoms with Crippen molar-refractivity contribution in [3.05, 3.63) is 77.3 Å². The van der Waals surface area contributed by atoms with Crippen LogP contribution in [-0.2, 0) is 4.79 Å². The van der Waals surface area contributed by atoms with Crippen molar-refractivity contribution in [1.82, 2.24) is 14.9 Å². The van der Waals surface area contributed by atoms with Gasteiger partial charge in [-0.05, 0) is 68.0 Å². The van der Waals surface area contributed by atoms with Gasteiger partial charge in [-0.25, -0.2) is 0 Å². The molecule has 0 saturated carbocycles. The first kappa shape index (κ1) is 23.3. The van der Waals surface area contributed by atoms with Crippen LogP contribution in [0.25, 0.3) is 0 Å². The lowest BCUT2D eigenvalue weighted by molar-refractivity contribution is -0.118. The van der Waals surface area contributed by atoms with Crippen LogP contribution in [0.15, 0.2) is 61.1 Å². The lowest BCUT2D eigenvalue weighted by atomic mass is 9.98. The highest BCUT2D eigenvalue weighted by Crippen LogP contribution is 2.43. The van der Waals surface area contributed by atoms with Crippen LogP contribution in [0, 0.1) is 5.92 Å². The number of aromatic nitrogens is 2. The first-order chi connectivity index (χ1) is 15.8. The molecule has 2 aromatic heterocycles. The molecular weight excluding hydrogens is 454 g/mol. The highest BCUT2D eigenvalue weighted by Gasteiger charge is 2.41. The zero-order valence-electron chi connectivity index (χ0n) is 19.1. The monoisotopic (exact) mass is 481 g/mol. The summed E-state index contributed by atoms with van der Waals surface area (Å²) in [6, 6.07) is 13.7. The summed E-state index contributed by atoms with van der Waals surface area (Å²) in [6.45, 7) is 7.99. The molecule has 8 heteroatoms. The fraction of sp³-hybridized carbons (Fsp3) is 0.320. The van der Waals surface area contributed by atoms with Crippen molar-refractivity contribution in [3.8, 4) is 0 Å². The van der Waals surface area contributed by atoms with E-state index in [0.717, 1.165) is 16.9 Å². The van der Waals surface area contributed by atoms with Gasteiger partial charge in [0.25, 0.3) is 0 Å². The molecule has 172 valence electrons. The van der Waals surface area contributed by atoms with Gasteiger partial charge < -0.3 is 20.1 Å². The van der Waals surface area contributed by atoms with E-state index in [2.05, 4.69) is 57.4 Å². The number of rotatable bonds is 6. The minimum absolute atomic E-state index is 0.0777. The quantitative estimate of drug-likeness (QED) is 0.430. The standard InChI is InChI=1S/C25H28ClN5OS/c1-15(2)24(32)28-20-9-8-18(13-19(20)26)31-23(17-10-12-30(14-17)16(3)4)22(29-25(31)33)21-7-5-6-11-27-21/h5-16,22-23H,1-4H3,(H,28,32)(H,29,33)/t22-,23-/m1/s1. The average molecular weight is 482 g/mol. The zero-order valence-corrected chi connectivity index (χ0v) is 20.7. The summed E-state index contributed by atoms with van der Waals surface area (Å²) in [6.07, 6.45) is 6.04. The normalized spacial score (nSPS) is 18.2. The van der Waals surface area contributed by atoms with E-state index >= 15 is 0 Å². The number of halogens is 1. The molecule has 1 aromatic carbocycles. The fourth-order valence-electron chi connectivity index (χ4n) is 3.93. The van der Waals surface area contributed by atoms with E-state index in [-0.39, 0.29) is 23.9 Å². The van der Waals surface area contributed by atoms with E-state index in [4.69, 9.17) is 23.8 Å². The van der Waals surface area contributed by atoms with Crippen molar-refractivity contribution in [2.75, 3.05) is 10.2 Å². The second-order valence-corrected chi connectivity index (χ2v) is 9.58. The third-order valence-electron chi connectivity index (χ3n) is 5.79. The predicted octanol–water partition coefficient (Wildman–Crippen LogP) is 5.89. The largest absolute Gasteiger partial charge is 0.351 e. The van der Waals surface area contributed by atoms with E-state index in [1.165, 1.54) is 0 Å². The van der Waals surface area contributed by atoms with Crippen molar-refractivity contribution in [2.45, 2.75) is 45.8 Å². The SMILES string of the molecule is CC(C)C(=O)Nc1ccc(N2C(=S)N[C@H](c3ccccn3)[C@H]2c2ccn(C(C)C)c2)cc1Cl. The van der Waals surface area contributed by atoms with Crippen molar-refractivity contribution in [1.29, 1.82) is 0 Å². The predicted molar refractivity (Wildman–Crippen MR) is 138 cm³/mol. The Morgan fingerprint density at radius 1 is 1.18 bits per heavy atom. The summed E-state index contributed by atoms with van der Waals surface area (Å²) >= 11 is 12.4. The lowest BCUT2D eigenvalue weighted by Crippen LogP contribution is -2.29. The summed E-state index contributed by atoms with van der Waals surface area (Å²) in [5.74, 6) is -0.212. The lowest BCUT2D eigenvalue weighted by Gasteiger charge is -2.28. The number of pyridine rings is 1. The molecule has 33 heavy (non-hydrogen) atoms. The van der Waals surface area contributed by atoms with Gasteiger partial charge in [0.15, 0.2) is 5.11 Å². The van der Waals surface area contributed by atoms with Crippen LogP contribution in [-0.4, -0.2) is 20.6 Å². The summed E-state index contributed by atoms with van der Waals surface area (Å²) < 4.78 is 2.18.